The minimum atomic E-state index is -0.512. The molecule has 2 rings (SSSR count). The summed E-state index contributed by atoms with van der Waals surface area (Å²) in [6.07, 6.45) is 6.54. The normalized spacial score (nSPS) is 10.3. The molecule has 0 unspecified atom stereocenters. The van der Waals surface area contributed by atoms with Gasteiger partial charge in [-0.1, -0.05) is 0 Å². The molecule has 1 N–H and O–H groups in total. The SMILES string of the molecule is FCSn1nccc1NCc1cnccn1. The van der Waals surface area contributed by atoms with E-state index in [2.05, 4.69) is 20.4 Å². The third-order valence-electron chi connectivity index (χ3n) is 1.85. The molecule has 0 bridgehead atoms. The predicted octanol–water partition coefficient (Wildman–Crippen LogP) is 1.71. The Morgan fingerprint density at radius 3 is 3.06 bits per heavy atom. The highest BCUT2D eigenvalue weighted by molar-refractivity contribution is 7.97. The van der Waals surface area contributed by atoms with Crippen LogP contribution in [0.4, 0.5) is 10.2 Å². The van der Waals surface area contributed by atoms with Crippen LogP contribution < -0.4 is 5.32 Å². The van der Waals surface area contributed by atoms with E-state index >= 15 is 0 Å². The van der Waals surface area contributed by atoms with Crippen molar-refractivity contribution in [3.63, 3.8) is 0 Å². The largest absolute Gasteiger partial charge is 0.364 e. The molecule has 5 nitrogen and oxygen atoms in total. The molecule has 0 spiro atoms. The van der Waals surface area contributed by atoms with Gasteiger partial charge in [-0.15, -0.1) is 0 Å². The fourth-order valence-corrected chi connectivity index (χ4v) is 1.65. The Hall–Kier alpha value is -1.63. The summed E-state index contributed by atoms with van der Waals surface area (Å²) < 4.78 is 13.6. The fourth-order valence-electron chi connectivity index (χ4n) is 1.17. The summed E-state index contributed by atoms with van der Waals surface area (Å²) in [5.74, 6) is 0.744. The first-order valence-corrected chi connectivity index (χ1v) is 5.56. The molecule has 0 fully saturated rings. The molecule has 7 heteroatoms. The summed E-state index contributed by atoms with van der Waals surface area (Å²) in [6, 6.07) is 1.26. The molecule has 0 aromatic carbocycles. The number of nitrogens with zero attached hydrogens (tertiary/aromatic N) is 4. The number of hydrogen-bond acceptors (Lipinski definition) is 5. The van der Waals surface area contributed by atoms with Gasteiger partial charge in [0.15, 0.2) is 6.01 Å². The quantitative estimate of drug-likeness (QED) is 0.860. The zero-order valence-corrected chi connectivity index (χ0v) is 9.19. The number of hydrogen-bond donors (Lipinski definition) is 1. The maximum absolute atomic E-state index is 12.2. The molecule has 0 aliphatic rings. The van der Waals surface area contributed by atoms with E-state index in [1.54, 1.807) is 30.9 Å². The van der Waals surface area contributed by atoms with Crippen molar-refractivity contribution in [2.24, 2.45) is 0 Å². The Bertz CT molecular complexity index is 432. The lowest BCUT2D eigenvalue weighted by atomic mass is 10.4. The van der Waals surface area contributed by atoms with Crippen LogP contribution in [-0.4, -0.2) is 25.2 Å². The van der Waals surface area contributed by atoms with Gasteiger partial charge in [-0.3, -0.25) is 9.97 Å². The van der Waals surface area contributed by atoms with Gasteiger partial charge in [0.1, 0.15) is 5.82 Å². The fraction of sp³-hybridized carbons (Fsp3) is 0.222. The third-order valence-corrected chi connectivity index (χ3v) is 2.48. The maximum atomic E-state index is 12.2. The van der Waals surface area contributed by atoms with Gasteiger partial charge in [0.05, 0.1) is 24.6 Å². The van der Waals surface area contributed by atoms with Gasteiger partial charge in [0.2, 0.25) is 0 Å². The van der Waals surface area contributed by atoms with Crippen molar-refractivity contribution in [3.8, 4) is 0 Å². The second kappa shape index (κ2) is 5.45. The molecule has 0 radical (unpaired) electrons. The number of nitrogens with one attached hydrogen (secondary N) is 1. The van der Waals surface area contributed by atoms with Gasteiger partial charge in [0, 0.05) is 30.4 Å². The Morgan fingerprint density at radius 2 is 2.31 bits per heavy atom. The summed E-state index contributed by atoms with van der Waals surface area (Å²) in [5, 5.41) is 7.06. The van der Waals surface area contributed by atoms with Gasteiger partial charge < -0.3 is 5.32 Å². The van der Waals surface area contributed by atoms with Crippen LogP contribution in [0.15, 0.2) is 30.9 Å². The average Bonchev–Trinajstić information content (AvgIpc) is 2.76. The molecule has 2 aromatic rings. The van der Waals surface area contributed by atoms with Crippen molar-refractivity contribution in [2.45, 2.75) is 6.54 Å². The number of halogens is 1. The minimum absolute atomic E-state index is 0.512. The lowest BCUT2D eigenvalue weighted by Gasteiger charge is -2.06. The molecule has 2 aromatic heterocycles. The van der Waals surface area contributed by atoms with Crippen LogP contribution in [0, 0.1) is 0 Å². The molecule has 0 atom stereocenters. The summed E-state index contributed by atoms with van der Waals surface area (Å²) in [4.78, 5) is 8.07. The Morgan fingerprint density at radius 1 is 1.38 bits per heavy atom. The van der Waals surface area contributed by atoms with Crippen molar-refractivity contribution in [1.82, 2.24) is 19.2 Å². The average molecular weight is 239 g/mol. The molecule has 0 amide bonds. The van der Waals surface area contributed by atoms with Gasteiger partial charge in [0.25, 0.3) is 0 Å². The van der Waals surface area contributed by atoms with Crippen molar-refractivity contribution in [2.75, 3.05) is 11.3 Å². The van der Waals surface area contributed by atoms with E-state index in [-0.39, 0.29) is 0 Å². The van der Waals surface area contributed by atoms with Crippen LogP contribution in [0.3, 0.4) is 0 Å². The third kappa shape index (κ3) is 2.69. The molecule has 0 aliphatic heterocycles. The van der Waals surface area contributed by atoms with Gasteiger partial charge in [-0.05, 0) is 0 Å². The highest BCUT2D eigenvalue weighted by Crippen LogP contribution is 2.15. The standard InChI is InChI=1S/C9H10FN5S/c10-7-16-15-9(1-2-14-15)13-6-8-5-11-3-4-12-8/h1-5,13H,6-7H2. The van der Waals surface area contributed by atoms with E-state index in [0.29, 0.717) is 6.54 Å². The molecular formula is C9H10FN5S. The second-order valence-electron chi connectivity index (χ2n) is 2.88. The van der Waals surface area contributed by atoms with E-state index in [1.807, 2.05) is 0 Å². The number of anilines is 1. The van der Waals surface area contributed by atoms with E-state index in [1.165, 1.54) is 4.09 Å². The van der Waals surface area contributed by atoms with Gasteiger partial charge in [-0.25, -0.2) is 4.39 Å². The first-order chi connectivity index (χ1) is 7.90. The van der Waals surface area contributed by atoms with Crippen LogP contribution in [-0.2, 0) is 6.54 Å². The zero-order valence-electron chi connectivity index (χ0n) is 8.38. The van der Waals surface area contributed by atoms with E-state index < -0.39 is 6.01 Å². The highest BCUT2D eigenvalue weighted by atomic mass is 32.2. The number of rotatable bonds is 5. The monoisotopic (exact) mass is 239 g/mol. The van der Waals surface area contributed by atoms with Crippen LogP contribution in [0.25, 0.3) is 0 Å². The Labute approximate surface area is 96.2 Å². The summed E-state index contributed by atoms with van der Waals surface area (Å²) in [5.41, 5.74) is 0.820. The maximum Gasteiger partial charge on any atom is 0.156 e. The molecule has 16 heavy (non-hydrogen) atoms. The molecule has 2 heterocycles. The lowest BCUT2D eigenvalue weighted by molar-refractivity contribution is 0.603. The first kappa shape index (κ1) is 10.9. The van der Waals surface area contributed by atoms with E-state index in [4.69, 9.17) is 0 Å². The molecule has 0 saturated heterocycles. The van der Waals surface area contributed by atoms with Crippen LogP contribution >= 0.6 is 11.9 Å². The van der Waals surface area contributed by atoms with Gasteiger partial charge >= 0.3 is 0 Å². The Kier molecular flexibility index (Phi) is 3.71. The summed E-state index contributed by atoms with van der Waals surface area (Å²) in [7, 11) is 0. The zero-order chi connectivity index (χ0) is 11.2. The van der Waals surface area contributed by atoms with E-state index in [9.17, 15) is 4.39 Å². The van der Waals surface area contributed by atoms with Crippen molar-refractivity contribution in [1.29, 1.82) is 0 Å². The smallest absolute Gasteiger partial charge is 0.156 e. The second-order valence-corrected chi connectivity index (χ2v) is 3.70. The Balaban J connectivity index is 1.97. The van der Waals surface area contributed by atoms with Crippen molar-refractivity contribution in [3.05, 3.63) is 36.5 Å². The van der Waals surface area contributed by atoms with Crippen molar-refractivity contribution < 1.29 is 4.39 Å². The van der Waals surface area contributed by atoms with Crippen LogP contribution in [0.2, 0.25) is 0 Å². The van der Waals surface area contributed by atoms with Crippen LogP contribution in [0.1, 0.15) is 5.69 Å². The number of aromatic nitrogens is 4. The topological polar surface area (TPSA) is 55.6 Å². The van der Waals surface area contributed by atoms with Crippen LogP contribution in [0.5, 0.6) is 0 Å². The summed E-state index contributed by atoms with van der Waals surface area (Å²) >= 11 is 0.984. The van der Waals surface area contributed by atoms with Gasteiger partial charge in [-0.2, -0.15) is 9.19 Å². The van der Waals surface area contributed by atoms with E-state index in [0.717, 1.165) is 23.5 Å². The molecule has 0 aliphatic carbocycles. The molecule has 0 saturated carbocycles. The predicted molar refractivity (Wildman–Crippen MR) is 60.5 cm³/mol. The van der Waals surface area contributed by atoms with Crippen molar-refractivity contribution >= 4 is 17.8 Å². The summed E-state index contributed by atoms with van der Waals surface area (Å²) in [6.45, 7) is 0.534. The minimum Gasteiger partial charge on any atom is -0.364 e. The first-order valence-electron chi connectivity index (χ1n) is 4.62. The molecule has 84 valence electrons. The highest BCUT2D eigenvalue weighted by Gasteiger charge is 2.02. The number of alkyl halides is 1. The molecular weight excluding hydrogens is 229 g/mol. The lowest BCUT2D eigenvalue weighted by Crippen LogP contribution is -2.05.